The van der Waals surface area contributed by atoms with Gasteiger partial charge in [-0.3, -0.25) is 15.1 Å². The minimum Gasteiger partial charge on any atom is -0.349 e. The summed E-state index contributed by atoms with van der Waals surface area (Å²) in [6.45, 7) is 2.07. The number of thiophene rings is 1. The number of fused-ring (bicyclic) bond motifs is 1. The highest BCUT2D eigenvalue weighted by Crippen LogP contribution is 2.49. The first-order valence-electron chi connectivity index (χ1n) is 10.4. The molecule has 1 fully saturated rings. The first kappa shape index (κ1) is 20.8. The van der Waals surface area contributed by atoms with Gasteiger partial charge in [-0.2, -0.15) is 5.26 Å². The molecule has 3 heterocycles. The zero-order valence-corrected chi connectivity index (χ0v) is 19.4. The highest BCUT2D eigenvalue weighted by molar-refractivity contribution is 8.03. The number of nitrogens with one attached hydrogen (secondary N) is 2. The van der Waals surface area contributed by atoms with Crippen LogP contribution in [0.1, 0.15) is 36.0 Å². The topological polar surface area (TPSA) is 80.0 Å². The Morgan fingerprint density at radius 3 is 2.88 bits per heavy atom. The number of allylic oxidation sites excluding steroid dienone is 1. The van der Waals surface area contributed by atoms with Crippen LogP contribution in [0.15, 0.2) is 59.3 Å². The molecule has 1 unspecified atom stereocenters. The third-order valence-corrected chi connectivity index (χ3v) is 8.92. The van der Waals surface area contributed by atoms with Gasteiger partial charge in [0.2, 0.25) is 5.91 Å². The maximum Gasteiger partial charge on any atom is 0.239 e. The van der Waals surface area contributed by atoms with Gasteiger partial charge in [0.1, 0.15) is 0 Å². The average molecular weight is 459 g/mol. The number of guanidine groups is 1. The third-order valence-electron chi connectivity index (χ3n) is 6.53. The number of amides is 1. The SMILES string of the molecule is CN1C(=N)N[C@](C)(C2CC(c3cccc(C#N)c3)=CS2)[C@H](c2csc3ccccc23)C1=O. The van der Waals surface area contributed by atoms with Crippen LogP contribution >= 0.6 is 23.1 Å². The highest BCUT2D eigenvalue weighted by Gasteiger charge is 2.53. The van der Waals surface area contributed by atoms with Gasteiger partial charge in [0.15, 0.2) is 5.96 Å². The number of benzene rings is 2. The van der Waals surface area contributed by atoms with Crippen molar-refractivity contribution in [2.45, 2.75) is 30.1 Å². The van der Waals surface area contributed by atoms with Gasteiger partial charge in [-0.1, -0.05) is 30.3 Å². The molecule has 0 spiro atoms. The summed E-state index contributed by atoms with van der Waals surface area (Å²) in [5, 5.41) is 26.5. The van der Waals surface area contributed by atoms with E-state index in [1.807, 2.05) is 30.3 Å². The van der Waals surface area contributed by atoms with Crippen LogP contribution in [0.4, 0.5) is 0 Å². The molecule has 1 amide bonds. The number of nitriles is 1. The summed E-state index contributed by atoms with van der Waals surface area (Å²) >= 11 is 3.36. The summed E-state index contributed by atoms with van der Waals surface area (Å²) in [7, 11) is 1.66. The van der Waals surface area contributed by atoms with E-state index in [4.69, 9.17) is 5.41 Å². The molecular weight excluding hydrogens is 436 g/mol. The fourth-order valence-corrected chi connectivity index (χ4v) is 7.01. The maximum atomic E-state index is 13.6. The van der Waals surface area contributed by atoms with Gasteiger partial charge in [0.25, 0.3) is 0 Å². The fourth-order valence-electron chi connectivity index (χ4n) is 4.70. The summed E-state index contributed by atoms with van der Waals surface area (Å²) in [6, 6.07) is 18.0. The smallest absolute Gasteiger partial charge is 0.239 e. The zero-order valence-electron chi connectivity index (χ0n) is 17.8. The molecule has 2 N–H and O–H groups in total. The number of carbonyl (C=O) groups is 1. The Morgan fingerprint density at radius 2 is 2.06 bits per heavy atom. The lowest BCUT2D eigenvalue weighted by Gasteiger charge is -2.48. The summed E-state index contributed by atoms with van der Waals surface area (Å²) in [4.78, 5) is 15.0. The van der Waals surface area contributed by atoms with Crippen LogP contribution < -0.4 is 5.32 Å². The number of likely N-dealkylation sites (N-methyl/N-ethyl adjacent to an activating group) is 1. The molecular formula is C25H22N4OS2. The van der Waals surface area contributed by atoms with E-state index in [9.17, 15) is 10.1 Å². The van der Waals surface area contributed by atoms with Crippen molar-refractivity contribution in [3.8, 4) is 6.07 Å². The summed E-state index contributed by atoms with van der Waals surface area (Å²) in [6.07, 6.45) is 0.756. The number of hydrogen-bond acceptors (Lipinski definition) is 5. The van der Waals surface area contributed by atoms with E-state index in [1.54, 1.807) is 36.2 Å². The first-order chi connectivity index (χ1) is 15.4. The van der Waals surface area contributed by atoms with E-state index in [-0.39, 0.29) is 17.1 Å². The van der Waals surface area contributed by atoms with E-state index >= 15 is 0 Å². The molecule has 5 nitrogen and oxygen atoms in total. The Morgan fingerprint density at radius 1 is 1.25 bits per heavy atom. The van der Waals surface area contributed by atoms with Gasteiger partial charge in [-0.15, -0.1) is 23.1 Å². The molecule has 1 saturated heterocycles. The standard InChI is InChI=1S/C25H22N4OS2/c1-25(21-11-17(13-32-21)16-7-5-6-15(10-16)12-26)22(23(30)29(2)24(27)28-25)19-14-31-20-9-4-3-8-18(19)20/h3-10,13-14,21-22H,11H2,1-2H3,(H2,27,28)/t21?,22-,25-/m1/s1. The number of thioether (sulfide) groups is 1. The molecule has 0 aliphatic carbocycles. The van der Waals surface area contributed by atoms with E-state index in [0.29, 0.717) is 5.56 Å². The molecule has 7 heteroatoms. The van der Waals surface area contributed by atoms with Crippen LogP contribution in [-0.2, 0) is 4.79 Å². The minimum absolute atomic E-state index is 0.0552. The number of rotatable bonds is 3. The van der Waals surface area contributed by atoms with Gasteiger partial charge in [-0.05, 0) is 64.4 Å². The van der Waals surface area contributed by atoms with E-state index in [1.165, 1.54) is 4.90 Å². The molecule has 3 atom stereocenters. The van der Waals surface area contributed by atoms with Crippen LogP contribution in [0.2, 0.25) is 0 Å². The second-order valence-corrected chi connectivity index (χ2v) is 10.4. The number of nitrogens with zero attached hydrogens (tertiary/aromatic N) is 2. The van der Waals surface area contributed by atoms with E-state index in [0.717, 1.165) is 33.2 Å². The lowest BCUT2D eigenvalue weighted by Crippen LogP contribution is -2.67. The molecule has 2 aliphatic heterocycles. The Kier molecular flexibility index (Phi) is 5.07. The summed E-state index contributed by atoms with van der Waals surface area (Å²) in [5.74, 6) is -0.331. The van der Waals surface area contributed by atoms with E-state index in [2.05, 4.69) is 41.2 Å². The zero-order chi connectivity index (χ0) is 22.5. The normalized spacial score (nSPS) is 25.5. The van der Waals surface area contributed by atoms with Gasteiger partial charge >= 0.3 is 0 Å². The van der Waals surface area contributed by atoms with Gasteiger partial charge in [0, 0.05) is 17.0 Å². The first-order valence-corrected chi connectivity index (χ1v) is 12.2. The molecule has 0 radical (unpaired) electrons. The average Bonchev–Trinajstić information content (AvgIpc) is 3.46. The van der Waals surface area contributed by atoms with Crippen LogP contribution in [0.25, 0.3) is 15.7 Å². The number of hydrogen-bond donors (Lipinski definition) is 2. The summed E-state index contributed by atoms with van der Waals surface area (Å²) in [5.41, 5.74) is 3.22. The molecule has 3 aromatic rings. The Balaban J connectivity index is 1.54. The quantitative estimate of drug-likeness (QED) is 0.568. The largest absolute Gasteiger partial charge is 0.349 e. The predicted molar refractivity (Wildman–Crippen MR) is 132 cm³/mol. The van der Waals surface area contributed by atoms with Crippen molar-refractivity contribution in [2.75, 3.05) is 7.05 Å². The van der Waals surface area contributed by atoms with Crippen LogP contribution in [0.3, 0.4) is 0 Å². The molecule has 2 aromatic carbocycles. The fraction of sp³-hybridized carbons (Fsp3) is 0.240. The molecule has 5 rings (SSSR count). The Bertz CT molecular complexity index is 1320. The predicted octanol–water partition coefficient (Wildman–Crippen LogP) is 5.16. The number of carbonyl (C=O) groups excluding carboxylic acids is 1. The van der Waals surface area contributed by atoms with Crippen molar-refractivity contribution in [3.63, 3.8) is 0 Å². The monoisotopic (exact) mass is 458 g/mol. The van der Waals surface area contributed by atoms with Crippen molar-refractivity contribution >= 4 is 50.6 Å². The second kappa shape index (κ2) is 7.80. The molecule has 2 aliphatic rings. The molecule has 0 saturated carbocycles. The van der Waals surface area contributed by atoms with Crippen molar-refractivity contribution in [1.29, 1.82) is 10.7 Å². The van der Waals surface area contributed by atoms with Crippen LogP contribution in [0.5, 0.6) is 0 Å². The third kappa shape index (κ3) is 3.22. The van der Waals surface area contributed by atoms with Crippen molar-refractivity contribution < 1.29 is 4.79 Å². The molecule has 0 bridgehead atoms. The van der Waals surface area contributed by atoms with Crippen molar-refractivity contribution in [1.82, 2.24) is 10.2 Å². The van der Waals surface area contributed by atoms with Crippen LogP contribution in [0, 0.1) is 16.7 Å². The molecule has 1 aromatic heterocycles. The molecule has 160 valence electrons. The van der Waals surface area contributed by atoms with Gasteiger partial charge in [-0.25, -0.2) is 0 Å². The van der Waals surface area contributed by atoms with Gasteiger partial charge in [0.05, 0.1) is 23.1 Å². The lowest BCUT2D eigenvalue weighted by molar-refractivity contribution is -0.131. The highest BCUT2D eigenvalue weighted by atomic mass is 32.2. The van der Waals surface area contributed by atoms with E-state index < -0.39 is 11.5 Å². The minimum atomic E-state index is -0.639. The Labute approximate surface area is 195 Å². The second-order valence-electron chi connectivity index (χ2n) is 8.44. The van der Waals surface area contributed by atoms with Crippen molar-refractivity contribution in [3.05, 3.63) is 76.0 Å². The molecule has 32 heavy (non-hydrogen) atoms. The summed E-state index contributed by atoms with van der Waals surface area (Å²) < 4.78 is 1.16. The Hall–Kier alpha value is -3.08. The van der Waals surface area contributed by atoms with Crippen LogP contribution in [-0.4, -0.2) is 34.6 Å². The van der Waals surface area contributed by atoms with Crippen molar-refractivity contribution in [2.24, 2.45) is 0 Å². The lowest BCUT2D eigenvalue weighted by atomic mass is 9.74. The van der Waals surface area contributed by atoms with Gasteiger partial charge < -0.3 is 5.32 Å². The maximum absolute atomic E-state index is 13.6.